The number of benzene rings is 2. The molecule has 2 unspecified atom stereocenters. The Bertz CT molecular complexity index is 1600. The zero-order valence-corrected chi connectivity index (χ0v) is 27.8. The maximum atomic E-state index is 13.7. The van der Waals surface area contributed by atoms with Gasteiger partial charge in [-0.3, -0.25) is 14.4 Å². The number of imidazole rings is 1. The molecule has 3 fully saturated rings. The van der Waals surface area contributed by atoms with Crippen molar-refractivity contribution >= 4 is 35.6 Å². The largest absolute Gasteiger partial charge is 0.515 e. The van der Waals surface area contributed by atoms with Crippen molar-refractivity contribution in [3.63, 3.8) is 0 Å². The zero-order valence-electron chi connectivity index (χ0n) is 26.3. The Morgan fingerprint density at radius 1 is 1.00 bits per heavy atom. The monoisotopic (exact) mass is 669 g/mol. The number of hydrogen-bond donors (Lipinski definition) is 2. The number of aldehydes is 1. The third kappa shape index (κ3) is 6.19. The summed E-state index contributed by atoms with van der Waals surface area (Å²) in [6, 6.07) is 15.0. The Morgan fingerprint density at radius 3 is 2.37 bits per heavy atom. The average Bonchev–Trinajstić information content (AvgIpc) is 3.46. The normalized spacial score (nSPS) is 27.1. The first kappa shape index (κ1) is 32.9. The van der Waals surface area contributed by atoms with Crippen molar-refractivity contribution < 1.29 is 19.2 Å². The summed E-state index contributed by atoms with van der Waals surface area (Å²) in [7, 11) is 2.15. The van der Waals surface area contributed by atoms with E-state index in [1.807, 2.05) is 42.6 Å². The number of rotatable bonds is 8. The topological polar surface area (TPSA) is 102 Å². The predicted molar refractivity (Wildman–Crippen MR) is 179 cm³/mol. The number of nitrogens with one attached hydrogen (secondary N) is 1. The second-order valence-corrected chi connectivity index (χ2v) is 14.0. The lowest BCUT2D eigenvalue weighted by molar-refractivity contribution is -0.942. The van der Waals surface area contributed by atoms with Crippen LogP contribution in [0.2, 0.25) is 10.0 Å². The molecule has 6 rings (SSSR count). The molecule has 46 heavy (non-hydrogen) atoms. The number of quaternary nitrogens is 1. The van der Waals surface area contributed by atoms with Crippen molar-refractivity contribution in [1.82, 2.24) is 24.3 Å². The van der Waals surface area contributed by atoms with E-state index in [4.69, 9.17) is 23.2 Å². The fourth-order valence-electron chi connectivity index (χ4n) is 8.19. The number of likely N-dealkylation sites (N-methyl/N-ethyl adjacent to an activating group) is 1. The highest BCUT2D eigenvalue weighted by Gasteiger charge is 2.63. The first-order valence-corrected chi connectivity index (χ1v) is 16.9. The van der Waals surface area contributed by atoms with Crippen molar-refractivity contribution in [1.29, 1.82) is 0 Å². The van der Waals surface area contributed by atoms with Gasteiger partial charge in [-0.05, 0) is 37.6 Å². The minimum atomic E-state index is -1.08. The number of carbonyl (C=O) groups is 2. The van der Waals surface area contributed by atoms with Crippen LogP contribution in [0.3, 0.4) is 0 Å². The molecule has 246 valence electrons. The quantitative estimate of drug-likeness (QED) is 0.252. The fourth-order valence-corrected chi connectivity index (χ4v) is 8.51. The number of piperidine rings is 2. The molecule has 0 bridgehead atoms. The van der Waals surface area contributed by atoms with Gasteiger partial charge in [0.2, 0.25) is 0 Å². The second kappa shape index (κ2) is 13.6. The lowest BCUT2D eigenvalue weighted by Crippen LogP contribution is -2.77. The van der Waals surface area contributed by atoms with Gasteiger partial charge in [0.1, 0.15) is 12.8 Å². The Morgan fingerprint density at radius 2 is 1.72 bits per heavy atom. The van der Waals surface area contributed by atoms with Crippen LogP contribution in [0, 0.1) is 0 Å². The lowest BCUT2D eigenvalue weighted by Gasteiger charge is -2.58. The van der Waals surface area contributed by atoms with Gasteiger partial charge in [0.25, 0.3) is 0 Å². The van der Waals surface area contributed by atoms with Gasteiger partial charge < -0.3 is 19.8 Å². The number of carbonyl (C=O) groups excluding carboxylic acids is 1. The van der Waals surface area contributed by atoms with E-state index in [0.29, 0.717) is 47.7 Å². The van der Waals surface area contributed by atoms with Gasteiger partial charge >= 0.3 is 11.8 Å². The number of hydrogen-bond acceptors (Lipinski definition) is 6. The summed E-state index contributed by atoms with van der Waals surface area (Å²) >= 11 is 12.6. The van der Waals surface area contributed by atoms with Gasteiger partial charge in [-0.1, -0.05) is 59.6 Å². The van der Waals surface area contributed by atoms with Crippen LogP contribution in [0.1, 0.15) is 43.7 Å². The van der Waals surface area contributed by atoms with E-state index in [0.717, 1.165) is 56.4 Å². The number of nitrogens with zero attached hydrogens (tertiary/aromatic N) is 5. The SMILES string of the molecule is CN1CCN(C2CCN(C3(CC=O)CC(n4cc(-c5ccccc5)[nH]c4=O)CC[N@+]3(Cc3ccc(Cl)c(Cl)c3)C(=O)O)CC2)CC1. The van der Waals surface area contributed by atoms with Crippen molar-refractivity contribution in [3.8, 4) is 11.3 Å². The van der Waals surface area contributed by atoms with Crippen molar-refractivity contribution in [2.75, 3.05) is 52.9 Å². The standard InChI is InChI=1S/C34H42Cl2N6O4/c1-38-15-17-39(18-16-38)27-9-13-40(14-10-27)34(12-20-43)22-28(41-23-31(37-32(41)44)26-5-3-2-4-6-26)11-19-42(34,33(45)46)24-25-7-8-29(35)30(36)21-25/h2-8,20-21,23,27-28H,9-19,22,24H2,1H3,(H-,37,44,45,46)/p+1/t28?,34?,42-/m0/s1. The number of amides is 1. The molecule has 3 atom stereocenters. The molecule has 0 spiro atoms. The highest BCUT2D eigenvalue weighted by atomic mass is 35.5. The molecule has 1 amide bonds. The van der Waals surface area contributed by atoms with Gasteiger partial charge in [0.05, 0.1) is 34.7 Å². The van der Waals surface area contributed by atoms with Crippen molar-refractivity contribution in [3.05, 3.63) is 80.8 Å². The molecule has 3 saturated heterocycles. The Balaban J connectivity index is 1.38. The van der Waals surface area contributed by atoms with E-state index in [-0.39, 0.29) is 35.7 Å². The van der Waals surface area contributed by atoms with Crippen LogP contribution in [-0.2, 0) is 11.3 Å². The summed E-state index contributed by atoms with van der Waals surface area (Å²) in [6.45, 7) is 5.84. The summed E-state index contributed by atoms with van der Waals surface area (Å²) in [6.07, 6.45) is 4.33. The predicted octanol–water partition coefficient (Wildman–Crippen LogP) is 5.18. The van der Waals surface area contributed by atoms with Crippen LogP contribution in [0.25, 0.3) is 11.3 Å². The number of halogens is 2. The number of aromatic amines is 1. The lowest BCUT2D eigenvalue weighted by atomic mass is 9.82. The Hall–Kier alpha value is -2.99. The van der Waals surface area contributed by atoms with E-state index < -0.39 is 11.8 Å². The molecule has 0 aliphatic carbocycles. The molecule has 3 aliphatic rings. The molecule has 4 heterocycles. The first-order chi connectivity index (χ1) is 22.2. The molecule has 0 saturated carbocycles. The van der Waals surface area contributed by atoms with Crippen molar-refractivity contribution in [2.24, 2.45) is 0 Å². The minimum Gasteiger partial charge on any atom is -0.435 e. The maximum absolute atomic E-state index is 13.7. The maximum Gasteiger partial charge on any atom is 0.515 e. The van der Waals surface area contributed by atoms with Gasteiger partial charge in [0.15, 0.2) is 5.66 Å². The number of piperazine rings is 1. The Labute approximate surface area is 279 Å². The molecule has 3 aromatic rings. The van der Waals surface area contributed by atoms with Gasteiger partial charge in [-0.25, -0.2) is 9.28 Å². The summed E-state index contributed by atoms with van der Waals surface area (Å²) in [4.78, 5) is 50.0. The second-order valence-electron chi connectivity index (χ2n) is 13.2. The molecule has 10 nitrogen and oxygen atoms in total. The minimum absolute atomic E-state index is 0.0288. The smallest absolute Gasteiger partial charge is 0.435 e. The molecule has 2 N–H and O–H groups in total. The molecule has 12 heteroatoms. The van der Waals surface area contributed by atoms with Crippen LogP contribution < -0.4 is 5.69 Å². The molecule has 2 aromatic carbocycles. The van der Waals surface area contributed by atoms with Crippen LogP contribution in [-0.4, -0.2) is 111 Å². The zero-order chi connectivity index (χ0) is 32.5. The molecule has 1 aromatic heterocycles. The highest BCUT2D eigenvalue weighted by molar-refractivity contribution is 6.42. The third-order valence-corrected chi connectivity index (χ3v) is 11.5. The Kier molecular flexibility index (Phi) is 9.75. The van der Waals surface area contributed by atoms with Crippen LogP contribution >= 0.6 is 23.2 Å². The summed E-state index contributed by atoms with van der Waals surface area (Å²) < 4.78 is 1.37. The van der Waals surface area contributed by atoms with Gasteiger partial charge in [0, 0.05) is 69.9 Å². The summed E-state index contributed by atoms with van der Waals surface area (Å²) in [5.41, 5.74) is 1.02. The van der Waals surface area contributed by atoms with Gasteiger partial charge in [-0.15, -0.1) is 0 Å². The molecule has 0 radical (unpaired) electrons. The van der Waals surface area contributed by atoms with Crippen molar-refractivity contribution in [2.45, 2.75) is 56.4 Å². The fraction of sp³-hybridized carbons (Fsp3) is 0.500. The van der Waals surface area contributed by atoms with Crippen LogP contribution in [0.4, 0.5) is 4.79 Å². The number of aromatic nitrogens is 2. The van der Waals surface area contributed by atoms with E-state index in [1.54, 1.807) is 16.7 Å². The van der Waals surface area contributed by atoms with E-state index in [2.05, 4.69) is 26.7 Å². The molecular weight excluding hydrogens is 627 g/mol. The van der Waals surface area contributed by atoms with E-state index in [9.17, 15) is 19.5 Å². The average molecular weight is 671 g/mol. The van der Waals surface area contributed by atoms with E-state index in [1.165, 1.54) is 0 Å². The highest BCUT2D eigenvalue weighted by Crippen LogP contribution is 2.47. The van der Waals surface area contributed by atoms with Crippen LogP contribution in [0.5, 0.6) is 0 Å². The number of likely N-dealkylation sites (tertiary alicyclic amines) is 2. The third-order valence-electron chi connectivity index (χ3n) is 10.7. The molecule has 3 aliphatic heterocycles. The van der Waals surface area contributed by atoms with Crippen LogP contribution in [0.15, 0.2) is 59.5 Å². The van der Waals surface area contributed by atoms with E-state index >= 15 is 0 Å². The number of carboxylic acid groups (broad SMARTS) is 1. The number of H-pyrrole nitrogens is 1. The molecular formula is C34H43Cl2N6O4+. The van der Waals surface area contributed by atoms with Gasteiger partial charge in [-0.2, -0.15) is 4.79 Å². The summed E-state index contributed by atoms with van der Waals surface area (Å²) in [5.74, 6) is 0. The first-order valence-electron chi connectivity index (χ1n) is 16.2. The summed E-state index contributed by atoms with van der Waals surface area (Å²) in [5, 5.41) is 12.0.